The summed E-state index contributed by atoms with van der Waals surface area (Å²) in [6.07, 6.45) is 2.11. The second-order valence-corrected chi connectivity index (χ2v) is 8.20. The summed E-state index contributed by atoms with van der Waals surface area (Å²) in [4.78, 5) is 25.2. The molecule has 0 atom stereocenters. The molecule has 0 saturated heterocycles. The van der Waals surface area contributed by atoms with Crippen LogP contribution in [0.15, 0.2) is 84.9 Å². The van der Waals surface area contributed by atoms with Crippen LogP contribution < -0.4 is 10.6 Å². The molecule has 2 N–H and O–H groups in total. The van der Waals surface area contributed by atoms with Gasteiger partial charge in [0.05, 0.1) is 0 Å². The lowest BCUT2D eigenvalue weighted by Gasteiger charge is -2.13. The van der Waals surface area contributed by atoms with Crippen LogP contribution in [0.1, 0.15) is 37.4 Å². The first kappa shape index (κ1) is 20.1. The fourth-order valence-corrected chi connectivity index (χ4v) is 4.42. The highest BCUT2D eigenvalue weighted by Gasteiger charge is 2.17. The van der Waals surface area contributed by atoms with Crippen molar-refractivity contribution in [3.63, 3.8) is 0 Å². The summed E-state index contributed by atoms with van der Waals surface area (Å²) in [5.41, 5.74) is 5.14. The van der Waals surface area contributed by atoms with Gasteiger partial charge >= 0.3 is 0 Å². The standard InChI is InChI=1S/C27H20N2O2S/c30-25(19-5-2-1-3-6-19)20-11-13-21(14-12-20)26(31)29-27(32)28-23-16-15-18-10-9-17-7-4-8-22(23)24(17)18/h1-8,11-16H,9-10H2,(H2,28,29,31,32). The zero-order valence-electron chi connectivity index (χ0n) is 17.2. The zero-order valence-corrected chi connectivity index (χ0v) is 18.0. The van der Waals surface area contributed by atoms with Crippen molar-refractivity contribution in [3.05, 3.63) is 113 Å². The van der Waals surface area contributed by atoms with Crippen LogP contribution in [0.3, 0.4) is 0 Å². The summed E-state index contributed by atoms with van der Waals surface area (Å²) < 4.78 is 0. The maximum Gasteiger partial charge on any atom is 0.257 e. The molecular formula is C27H20N2O2S. The van der Waals surface area contributed by atoms with Gasteiger partial charge in [-0.3, -0.25) is 14.9 Å². The van der Waals surface area contributed by atoms with E-state index in [2.05, 4.69) is 34.9 Å². The number of rotatable bonds is 4. The molecule has 1 amide bonds. The van der Waals surface area contributed by atoms with E-state index < -0.39 is 0 Å². The average Bonchev–Trinajstić information content (AvgIpc) is 3.25. The number of aryl methyl sites for hydroxylation is 2. The number of amides is 1. The average molecular weight is 437 g/mol. The lowest BCUT2D eigenvalue weighted by Crippen LogP contribution is -2.34. The molecule has 4 aromatic carbocycles. The lowest BCUT2D eigenvalue weighted by atomic mass is 10.0. The van der Waals surface area contributed by atoms with E-state index in [9.17, 15) is 9.59 Å². The van der Waals surface area contributed by atoms with Crippen molar-refractivity contribution < 1.29 is 9.59 Å². The third-order valence-electron chi connectivity index (χ3n) is 5.80. The molecule has 1 aliphatic rings. The SMILES string of the molecule is O=C(NC(=S)Nc1ccc2c3c(cccc13)CC2)c1ccc(C(=O)c2ccccc2)cc1. The maximum absolute atomic E-state index is 12.7. The first-order chi connectivity index (χ1) is 15.6. The molecule has 1 aliphatic carbocycles. The number of nitrogens with one attached hydrogen (secondary N) is 2. The molecule has 0 unspecified atom stereocenters. The fraction of sp³-hybridized carbons (Fsp3) is 0.0741. The van der Waals surface area contributed by atoms with Gasteiger partial charge in [-0.05, 0) is 59.8 Å². The van der Waals surface area contributed by atoms with Crippen LogP contribution in [0.25, 0.3) is 10.8 Å². The zero-order chi connectivity index (χ0) is 22.1. The van der Waals surface area contributed by atoms with Gasteiger partial charge < -0.3 is 5.32 Å². The van der Waals surface area contributed by atoms with Crippen molar-refractivity contribution in [1.82, 2.24) is 5.32 Å². The molecule has 0 radical (unpaired) electrons. The van der Waals surface area contributed by atoms with Crippen molar-refractivity contribution in [3.8, 4) is 0 Å². The Morgan fingerprint density at radius 3 is 2.09 bits per heavy atom. The van der Waals surface area contributed by atoms with Crippen LogP contribution in [0, 0.1) is 0 Å². The third-order valence-corrected chi connectivity index (χ3v) is 6.00. The minimum atomic E-state index is -0.327. The van der Waals surface area contributed by atoms with Gasteiger partial charge in [-0.25, -0.2) is 0 Å². The molecule has 0 aromatic heterocycles. The molecule has 0 bridgehead atoms. The predicted octanol–water partition coefficient (Wildman–Crippen LogP) is 5.30. The summed E-state index contributed by atoms with van der Waals surface area (Å²) in [7, 11) is 0. The van der Waals surface area contributed by atoms with Crippen LogP contribution in [0.5, 0.6) is 0 Å². The highest BCUT2D eigenvalue weighted by Crippen LogP contribution is 2.34. The molecule has 4 nitrogen and oxygen atoms in total. The van der Waals surface area contributed by atoms with E-state index in [1.54, 1.807) is 36.4 Å². The number of ketones is 1. The predicted molar refractivity (Wildman–Crippen MR) is 131 cm³/mol. The van der Waals surface area contributed by atoms with Gasteiger partial charge in [0.15, 0.2) is 10.9 Å². The highest BCUT2D eigenvalue weighted by atomic mass is 32.1. The van der Waals surface area contributed by atoms with Crippen LogP contribution in [-0.4, -0.2) is 16.8 Å². The fourth-order valence-electron chi connectivity index (χ4n) is 4.21. The summed E-state index contributed by atoms with van der Waals surface area (Å²) in [6.45, 7) is 0. The molecule has 0 aliphatic heterocycles. The maximum atomic E-state index is 12.7. The Kier molecular flexibility index (Phi) is 5.25. The van der Waals surface area contributed by atoms with E-state index in [1.165, 1.54) is 16.5 Å². The van der Waals surface area contributed by atoms with Gasteiger partial charge in [-0.2, -0.15) is 0 Å². The second kappa shape index (κ2) is 8.36. The van der Waals surface area contributed by atoms with Crippen LogP contribution in [0.4, 0.5) is 5.69 Å². The molecule has 0 heterocycles. The van der Waals surface area contributed by atoms with Crippen LogP contribution in [0.2, 0.25) is 0 Å². The van der Waals surface area contributed by atoms with Crippen molar-refractivity contribution >= 4 is 45.5 Å². The smallest absolute Gasteiger partial charge is 0.257 e. The van der Waals surface area contributed by atoms with Gasteiger partial charge in [-0.1, -0.05) is 66.7 Å². The van der Waals surface area contributed by atoms with E-state index in [4.69, 9.17) is 12.2 Å². The topological polar surface area (TPSA) is 58.2 Å². The first-order valence-corrected chi connectivity index (χ1v) is 10.9. The first-order valence-electron chi connectivity index (χ1n) is 10.5. The molecule has 0 saturated carbocycles. The number of carbonyl (C=O) groups is 2. The molecule has 32 heavy (non-hydrogen) atoms. The van der Waals surface area contributed by atoms with Crippen molar-refractivity contribution in [2.24, 2.45) is 0 Å². The second-order valence-electron chi connectivity index (χ2n) is 7.79. The number of benzene rings is 4. The number of thiocarbonyl (C=S) groups is 1. The normalized spacial score (nSPS) is 11.9. The molecule has 0 spiro atoms. The molecular weight excluding hydrogens is 416 g/mol. The summed E-state index contributed by atoms with van der Waals surface area (Å²) in [6, 6.07) is 26.1. The van der Waals surface area contributed by atoms with E-state index in [-0.39, 0.29) is 16.8 Å². The lowest BCUT2D eigenvalue weighted by molar-refractivity contribution is 0.0975. The third kappa shape index (κ3) is 3.79. The number of anilines is 1. The summed E-state index contributed by atoms with van der Waals surface area (Å²) in [5, 5.41) is 8.52. The van der Waals surface area contributed by atoms with E-state index in [1.807, 2.05) is 24.3 Å². The van der Waals surface area contributed by atoms with E-state index in [0.29, 0.717) is 16.7 Å². The Labute approximate surface area is 191 Å². The Bertz CT molecular complexity index is 1350. The Morgan fingerprint density at radius 1 is 0.688 bits per heavy atom. The number of carbonyl (C=O) groups excluding carboxylic acids is 2. The summed E-state index contributed by atoms with van der Waals surface area (Å²) in [5.74, 6) is -0.408. The Morgan fingerprint density at radius 2 is 1.34 bits per heavy atom. The highest BCUT2D eigenvalue weighted by molar-refractivity contribution is 7.80. The monoisotopic (exact) mass is 436 g/mol. The van der Waals surface area contributed by atoms with Crippen molar-refractivity contribution in [2.75, 3.05) is 5.32 Å². The minimum absolute atomic E-state index is 0.0817. The van der Waals surface area contributed by atoms with Crippen LogP contribution in [-0.2, 0) is 12.8 Å². The Hall–Kier alpha value is -3.83. The van der Waals surface area contributed by atoms with Crippen molar-refractivity contribution in [2.45, 2.75) is 12.8 Å². The van der Waals surface area contributed by atoms with E-state index in [0.717, 1.165) is 23.9 Å². The van der Waals surface area contributed by atoms with Crippen LogP contribution >= 0.6 is 12.2 Å². The molecule has 4 aromatic rings. The van der Waals surface area contributed by atoms with Gasteiger partial charge in [0.2, 0.25) is 0 Å². The quantitative estimate of drug-likeness (QED) is 0.337. The molecule has 5 heteroatoms. The van der Waals surface area contributed by atoms with Gasteiger partial charge in [-0.15, -0.1) is 0 Å². The number of hydrogen-bond acceptors (Lipinski definition) is 3. The van der Waals surface area contributed by atoms with Crippen molar-refractivity contribution in [1.29, 1.82) is 0 Å². The molecule has 0 fully saturated rings. The number of hydrogen-bond donors (Lipinski definition) is 2. The molecule has 156 valence electrons. The molecule has 5 rings (SSSR count). The van der Waals surface area contributed by atoms with Gasteiger partial charge in [0.1, 0.15) is 0 Å². The largest absolute Gasteiger partial charge is 0.332 e. The van der Waals surface area contributed by atoms with E-state index >= 15 is 0 Å². The minimum Gasteiger partial charge on any atom is -0.332 e. The summed E-state index contributed by atoms with van der Waals surface area (Å²) >= 11 is 5.39. The Balaban J connectivity index is 1.28. The van der Waals surface area contributed by atoms with Gasteiger partial charge in [0, 0.05) is 27.8 Å². The van der Waals surface area contributed by atoms with Gasteiger partial charge in [0.25, 0.3) is 5.91 Å².